The van der Waals surface area contributed by atoms with Gasteiger partial charge in [-0.25, -0.2) is 9.50 Å². The lowest BCUT2D eigenvalue weighted by atomic mass is 10.2. The van der Waals surface area contributed by atoms with E-state index in [1.807, 2.05) is 53.9 Å². The van der Waals surface area contributed by atoms with Gasteiger partial charge in [0.25, 0.3) is 5.91 Å². The average Bonchev–Trinajstić information content (AvgIpc) is 3.25. The summed E-state index contributed by atoms with van der Waals surface area (Å²) in [5.41, 5.74) is 2.66. The van der Waals surface area contributed by atoms with Crippen LogP contribution in [0.4, 0.5) is 5.69 Å². The molecule has 4 aromatic rings. The van der Waals surface area contributed by atoms with Crippen LogP contribution < -0.4 is 5.32 Å². The van der Waals surface area contributed by atoms with Crippen LogP contribution in [0.15, 0.2) is 66.3 Å². The van der Waals surface area contributed by atoms with Crippen molar-refractivity contribution in [2.45, 2.75) is 0 Å². The number of thiophene rings is 1. The molecular weight excluding hydrogens is 308 g/mol. The van der Waals surface area contributed by atoms with Crippen molar-refractivity contribution in [2.24, 2.45) is 0 Å². The second-order valence-corrected chi connectivity index (χ2v) is 5.87. The number of nitrogens with one attached hydrogen (secondary N) is 1. The minimum absolute atomic E-state index is 0.220. The van der Waals surface area contributed by atoms with Gasteiger partial charge in [0.1, 0.15) is 5.56 Å². The average molecular weight is 320 g/mol. The molecule has 0 aliphatic heterocycles. The zero-order valence-corrected chi connectivity index (χ0v) is 12.8. The zero-order valence-electron chi connectivity index (χ0n) is 12.0. The molecule has 0 saturated heterocycles. The fourth-order valence-corrected chi connectivity index (χ4v) is 3.12. The van der Waals surface area contributed by atoms with E-state index in [9.17, 15) is 4.79 Å². The normalized spacial score (nSPS) is 10.8. The molecule has 23 heavy (non-hydrogen) atoms. The summed E-state index contributed by atoms with van der Waals surface area (Å²) in [6.07, 6.45) is 3.25. The number of carbonyl (C=O) groups excluding carboxylic acids is 1. The Hall–Kier alpha value is -2.99. The highest BCUT2D eigenvalue weighted by atomic mass is 32.1. The molecule has 0 fully saturated rings. The molecule has 0 bridgehead atoms. The minimum atomic E-state index is -0.220. The molecule has 0 aliphatic carbocycles. The number of fused-ring (bicyclic) bond motifs is 1. The minimum Gasteiger partial charge on any atom is -0.322 e. The summed E-state index contributed by atoms with van der Waals surface area (Å²) in [4.78, 5) is 17.9. The molecule has 0 unspecified atom stereocenters. The predicted molar refractivity (Wildman–Crippen MR) is 90.7 cm³/mol. The van der Waals surface area contributed by atoms with E-state index in [-0.39, 0.29) is 5.91 Å². The standard InChI is InChI=1S/C17H12N4OS/c22-17(20-12-5-2-1-3-6-12)13-11-19-21-14(8-9-18-16(13)21)15-7-4-10-23-15/h1-11H,(H,20,22). The highest BCUT2D eigenvalue weighted by molar-refractivity contribution is 7.13. The summed E-state index contributed by atoms with van der Waals surface area (Å²) in [7, 11) is 0. The van der Waals surface area contributed by atoms with Gasteiger partial charge < -0.3 is 5.32 Å². The molecule has 1 aromatic carbocycles. The van der Waals surface area contributed by atoms with Gasteiger partial charge in [-0.3, -0.25) is 4.79 Å². The van der Waals surface area contributed by atoms with E-state index in [2.05, 4.69) is 15.4 Å². The Morgan fingerprint density at radius 1 is 1.09 bits per heavy atom. The Labute approximate surface area is 136 Å². The van der Waals surface area contributed by atoms with Crippen LogP contribution in [-0.2, 0) is 0 Å². The van der Waals surface area contributed by atoms with Crippen molar-refractivity contribution in [1.29, 1.82) is 0 Å². The number of aromatic nitrogens is 3. The highest BCUT2D eigenvalue weighted by Crippen LogP contribution is 2.25. The Bertz CT molecular complexity index is 961. The molecule has 0 atom stereocenters. The van der Waals surface area contributed by atoms with Crippen molar-refractivity contribution in [3.8, 4) is 10.6 Å². The number of hydrogen-bond acceptors (Lipinski definition) is 4. The van der Waals surface area contributed by atoms with Crippen LogP contribution in [0.5, 0.6) is 0 Å². The van der Waals surface area contributed by atoms with E-state index in [0.717, 1.165) is 16.3 Å². The zero-order chi connectivity index (χ0) is 15.6. The largest absolute Gasteiger partial charge is 0.322 e. The van der Waals surface area contributed by atoms with Crippen molar-refractivity contribution in [2.75, 3.05) is 5.32 Å². The van der Waals surface area contributed by atoms with E-state index in [0.29, 0.717) is 11.2 Å². The lowest BCUT2D eigenvalue weighted by molar-refractivity contribution is 0.102. The number of benzene rings is 1. The Morgan fingerprint density at radius 3 is 2.74 bits per heavy atom. The lowest BCUT2D eigenvalue weighted by Gasteiger charge is -2.04. The highest BCUT2D eigenvalue weighted by Gasteiger charge is 2.16. The molecule has 0 radical (unpaired) electrons. The summed E-state index contributed by atoms with van der Waals surface area (Å²) in [5, 5.41) is 9.21. The number of carbonyl (C=O) groups is 1. The molecule has 0 spiro atoms. The van der Waals surface area contributed by atoms with Crippen LogP contribution in [0.1, 0.15) is 10.4 Å². The van der Waals surface area contributed by atoms with Crippen LogP contribution in [0.3, 0.4) is 0 Å². The van der Waals surface area contributed by atoms with E-state index in [1.54, 1.807) is 28.2 Å². The lowest BCUT2D eigenvalue weighted by Crippen LogP contribution is -2.12. The summed E-state index contributed by atoms with van der Waals surface area (Å²) >= 11 is 1.62. The molecule has 3 aromatic heterocycles. The number of hydrogen-bond donors (Lipinski definition) is 1. The fourth-order valence-electron chi connectivity index (χ4n) is 2.38. The van der Waals surface area contributed by atoms with Gasteiger partial charge in [0.05, 0.1) is 16.8 Å². The summed E-state index contributed by atoms with van der Waals surface area (Å²) in [6, 6.07) is 15.2. The van der Waals surface area contributed by atoms with Gasteiger partial charge in [-0.15, -0.1) is 11.3 Å². The molecule has 0 saturated carbocycles. The van der Waals surface area contributed by atoms with E-state index < -0.39 is 0 Å². The number of rotatable bonds is 3. The number of nitrogens with zero attached hydrogens (tertiary/aromatic N) is 3. The number of anilines is 1. The van der Waals surface area contributed by atoms with E-state index in [1.165, 1.54) is 0 Å². The fraction of sp³-hybridized carbons (Fsp3) is 0. The molecular formula is C17H12N4OS. The van der Waals surface area contributed by atoms with Crippen LogP contribution in [0.2, 0.25) is 0 Å². The van der Waals surface area contributed by atoms with Gasteiger partial charge in [0.2, 0.25) is 0 Å². The van der Waals surface area contributed by atoms with Crippen LogP contribution in [0, 0.1) is 0 Å². The third kappa shape index (κ3) is 2.49. The monoisotopic (exact) mass is 320 g/mol. The van der Waals surface area contributed by atoms with Crippen molar-refractivity contribution >= 4 is 28.6 Å². The first-order valence-corrected chi connectivity index (χ1v) is 7.94. The molecule has 6 heteroatoms. The van der Waals surface area contributed by atoms with E-state index >= 15 is 0 Å². The van der Waals surface area contributed by atoms with E-state index in [4.69, 9.17) is 0 Å². The topological polar surface area (TPSA) is 59.3 Å². The van der Waals surface area contributed by atoms with Gasteiger partial charge in [0, 0.05) is 11.9 Å². The maximum Gasteiger partial charge on any atom is 0.261 e. The predicted octanol–water partition coefficient (Wildman–Crippen LogP) is 3.71. The van der Waals surface area contributed by atoms with Crippen molar-refractivity contribution in [3.05, 3.63) is 71.9 Å². The number of amides is 1. The first-order valence-electron chi connectivity index (χ1n) is 7.06. The van der Waals surface area contributed by atoms with Gasteiger partial charge in [-0.05, 0) is 29.6 Å². The first kappa shape index (κ1) is 13.7. The maximum absolute atomic E-state index is 12.5. The third-order valence-electron chi connectivity index (χ3n) is 3.45. The Kier molecular flexibility index (Phi) is 3.36. The Balaban J connectivity index is 1.74. The van der Waals surface area contributed by atoms with Gasteiger partial charge in [0.15, 0.2) is 5.65 Å². The second-order valence-electron chi connectivity index (χ2n) is 4.92. The molecule has 5 nitrogen and oxygen atoms in total. The van der Waals surface area contributed by atoms with Gasteiger partial charge in [-0.1, -0.05) is 24.3 Å². The molecule has 1 N–H and O–H groups in total. The molecule has 112 valence electrons. The van der Waals surface area contributed by atoms with Crippen molar-refractivity contribution in [3.63, 3.8) is 0 Å². The van der Waals surface area contributed by atoms with Crippen LogP contribution >= 0.6 is 11.3 Å². The first-order chi connectivity index (χ1) is 11.3. The molecule has 4 rings (SSSR count). The molecule has 0 aliphatic rings. The SMILES string of the molecule is O=C(Nc1ccccc1)c1cnn2c(-c3cccs3)ccnc12. The quantitative estimate of drug-likeness (QED) is 0.626. The third-order valence-corrected chi connectivity index (χ3v) is 4.34. The molecule has 3 heterocycles. The Morgan fingerprint density at radius 2 is 1.96 bits per heavy atom. The maximum atomic E-state index is 12.5. The second kappa shape index (κ2) is 5.66. The number of para-hydroxylation sites is 1. The summed E-state index contributed by atoms with van der Waals surface area (Å²) in [6.45, 7) is 0. The van der Waals surface area contributed by atoms with Crippen molar-refractivity contribution in [1.82, 2.24) is 14.6 Å². The van der Waals surface area contributed by atoms with Gasteiger partial charge in [-0.2, -0.15) is 5.10 Å². The van der Waals surface area contributed by atoms with Crippen LogP contribution in [0.25, 0.3) is 16.2 Å². The molecule has 1 amide bonds. The smallest absolute Gasteiger partial charge is 0.261 e. The van der Waals surface area contributed by atoms with Crippen molar-refractivity contribution < 1.29 is 4.79 Å². The van der Waals surface area contributed by atoms with Gasteiger partial charge >= 0.3 is 0 Å². The summed E-state index contributed by atoms with van der Waals surface area (Å²) in [5.74, 6) is -0.220. The van der Waals surface area contributed by atoms with Crippen LogP contribution in [-0.4, -0.2) is 20.5 Å². The summed E-state index contributed by atoms with van der Waals surface area (Å²) < 4.78 is 1.70.